The van der Waals surface area contributed by atoms with Crippen molar-refractivity contribution in [3.05, 3.63) is 63.5 Å². The van der Waals surface area contributed by atoms with Crippen LogP contribution in [0.5, 0.6) is 0 Å². The SMILES string of the molecule is Cc1ccc2nc(C(C#N)=Cc3cc([N+](=O)[O-])ccc3N3CCOCC3)[nH]c2c1. The highest BCUT2D eigenvalue weighted by Gasteiger charge is 2.18. The lowest BCUT2D eigenvalue weighted by Crippen LogP contribution is -2.36. The number of aromatic nitrogens is 2. The van der Waals surface area contributed by atoms with E-state index in [4.69, 9.17) is 4.74 Å². The molecular formula is C21H19N5O3. The number of ether oxygens (including phenoxy) is 1. The van der Waals surface area contributed by atoms with Crippen molar-refractivity contribution < 1.29 is 9.66 Å². The van der Waals surface area contributed by atoms with E-state index < -0.39 is 4.92 Å². The lowest BCUT2D eigenvalue weighted by atomic mass is 10.1. The fraction of sp³-hybridized carbons (Fsp3) is 0.238. The van der Waals surface area contributed by atoms with Gasteiger partial charge in [-0.1, -0.05) is 6.07 Å². The number of non-ortho nitro benzene ring substituents is 1. The first-order chi connectivity index (χ1) is 14.0. The van der Waals surface area contributed by atoms with Crippen LogP contribution in [0.15, 0.2) is 36.4 Å². The van der Waals surface area contributed by atoms with Crippen LogP contribution in [0.4, 0.5) is 11.4 Å². The number of nitro groups is 1. The number of morpholine rings is 1. The van der Waals surface area contributed by atoms with E-state index in [-0.39, 0.29) is 5.69 Å². The third kappa shape index (κ3) is 3.81. The predicted octanol–water partition coefficient (Wildman–Crippen LogP) is 3.68. The van der Waals surface area contributed by atoms with Gasteiger partial charge in [0.05, 0.1) is 34.7 Å². The number of aryl methyl sites for hydroxylation is 1. The summed E-state index contributed by atoms with van der Waals surface area (Å²) >= 11 is 0. The van der Waals surface area contributed by atoms with Crippen LogP contribution in [0, 0.1) is 28.4 Å². The van der Waals surface area contributed by atoms with Crippen LogP contribution in [0.1, 0.15) is 17.0 Å². The molecule has 0 saturated carbocycles. The molecule has 1 N–H and O–H groups in total. The Bertz CT molecular complexity index is 1150. The topological polar surface area (TPSA) is 108 Å². The van der Waals surface area contributed by atoms with Gasteiger partial charge < -0.3 is 14.6 Å². The Morgan fingerprint density at radius 3 is 2.83 bits per heavy atom. The Balaban J connectivity index is 1.81. The molecule has 146 valence electrons. The number of aromatic amines is 1. The number of anilines is 1. The van der Waals surface area contributed by atoms with Gasteiger partial charge in [0.15, 0.2) is 0 Å². The Morgan fingerprint density at radius 1 is 1.31 bits per heavy atom. The maximum Gasteiger partial charge on any atom is 0.270 e. The summed E-state index contributed by atoms with van der Waals surface area (Å²) in [6, 6.07) is 12.7. The lowest BCUT2D eigenvalue weighted by molar-refractivity contribution is -0.384. The summed E-state index contributed by atoms with van der Waals surface area (Å²) in [7, 11) is 0. The van der Waals surface area contributed by atoms with E-state index in [0.29, 0.717) is 43.3 Å². The number of hydrogen-bond donors (Lipinski definition) is 1. The second kappa shape index (κ2) is 7.73. The van der Waals surface area contributed by atoms with Crippen LogP contribution in [0.25, 0.3) is 22.7 Å². The molecule has 1 aromatic heterocycles. The highest BCUT2D eigenvalue weighted by atomic mass is 16.6. The summed E-state index contributed by atoms with van der Waals surface area (Å²) in [5, 5.41) is 21.0. The molecule has 1 saturated heterocycles. The molecule has 0 unspecified atom stereocenters. The smallest absolute Gasteiger partial charge is 0.270 e. The minimum atomic E-state index is -0.434. The lowest BCUT2D eigenvalue weighted by Gasteiger charge is -2.30. The third-order valence-corrected chi connectivity index (χ3v) is 4.89. The highest BCUT2D eigenvalue weighted by molar-refractivity contribution is 5.93. The van der Waals surface area contributed by atoms with Crippen LogP contribution in [-0.4, -0.2) is 41.2 Å². The van der Waals surface area contributed by atoms with E-state index in [9.17, 15) is 15.4 Å². The van der Waals surface area contributed by atoms with Crippen molar-refractivity contribution in [2.75, 3.05) is 31.2 Å². The van der Waals surface area contributed by atoms with Crippen molar-refractivity contribution in [1.82, 2.24) is 9.97 Å². The molecule has 2 heterocycles. The number of rotatable bonds is 4. The van der Waals surface area contributed by atoms with E-state index in [1.54, 1.807) is 12.1 Å². The molecular weight excluding hydrogens is 370 g/mol. The van der Waals surface area contributed by atoms with Gasteiger partial charge in [0, 0.05) is 36.5 Å². The molecule has 0 bridgehead atoms. The molecule has 1 fully saturated rings. The van der Waals surface area contributed by atoms with Crippen LogP contribution in [0.3, 0.4) is 0 Å². The molecule has 0 amide bonds. The zero-order valence-corrected chi connectivity index (χ0v) is 15.9. The molecule has 2 aromatic carbocycles. The first kappa shape index (κ1) is 18.7. The summed E-state index contributed by atoms with van der Waals surface area (Å²) in [5.41, 5.74) is 4.42. The highest BCUT2D eigenvalue weighted by Crippen LogP contribution is 2.30. The molecule has 1 aliphatic rings. The molecule has 3 aromatic rings. The van der Waals surface area contributed by atoms with Gasteiger partial charge in [-0.15, -0.1) is 0 Å². The minimum absolute atomic E-state index is 0.0224. The Labute approximate surface area is 167 Å². The summed E-state index contributed by atoms with van der Waals surface area (Å²) < 4.78 is 5.41. The number of nitrogens with one attached hydrogen (secondary N) is 1. The Hall–Kier alpha value is -3.70. The summed E-state index contributed by atoms with van der Waals surface area (Å²) in [6.07, 6.45) is 1.66. The summed E-state index contributed by atoms with van der Waals surface area (Å²) in [6.45, 7) is 4.54. The van der Waals surface area contributed by atoms with E-state index in [0.717, 1.165) is 22.3 Å². The van der Waals surface area contributed by atoms with Gasteiger partial charge >= 0.3 is 0 Å². The average Bonchev–Trinajstić information content (AvgIpc) is 3.15. The van der Waals surface area contributed by atoms with Gasteiger partial charge in [-0.3, -0.25) is 10.1 Å². The van der Waals surface area contributed by atoms with Gasteiger partial charge in [0.2, 0.25) is 0 Å². The van der Waals surface area contributed by atoms with Gasteiger partial charge in [-0.05, 0) is 36.8 Å². The molecule has 4 rings (SSSR count). The maximum absolute atomic E-state index is 11.3. The standard InChI is InChI=1S/C21H19N5O3/c1-14-2-4-18-19(10-14)24-21(23-18)16(13-22)11-15-12-17(26(27)28)3-5-20(15)25-6-8-29-9-7-25/h2-5,10-12H,6-9H2,1H3,(H,23,24). The number of hydrogen-bond acceptors (Lipinski definition) is 6. The summed E-state index contributed by atoms with van der Waals surface area (Å²) in [5.74, 6) is 0.438. The molecule has 0 atom stereocenters. The first-order valence-corrected chi connectivity index (χ1v) is 9.25. The third-order valence-electron chi connectivity index (χ3n) is 4.89. The number of allylic oxidation sites excluding steroid dienone is 1. The number of nitriles is 1. The van der Waals surface area contributed by atoms with Crippen molar-refractivity contribution in [2.24, 2.45) is 0 Å². The fourth-order valence-corrected chi connectivity index (χ4v) is 3.42. The van der Waals surface area contributed by atoms with Crippen LogP contribution < -0.4 is 4.90 Å². The molecule has 8 nitrogen and oxygen atoms in total. The zero-order chi connectivity index (χ0) is 20.4. The number of nitro benzene ring substituents is 1. The largest absolute Gasteiger partial charge is 0.378 e. The van der Waals surface area contributed by atoms with Gasteiger partial charge in [-0.2, -0.15) is 5.26 Å². The second-order valence-electron chi connectivity index (χ2n) is 6.88. The van der Waals surface area contributed by atoms with Crippen molar-refractivity contribution in [1.29, 1.82) is 5.26 Å². The first-order valence-electron chi connectivity index (χ1n) is 9.25. The Kier molecular flexibility index (Phi) is 4.97. The molecule has 0 aliphatic carbocycles. The number of imidazole rings is 1. The number of nitrogens with zero attached hydrogens (tertiary/aromatic N) is 4. The summed E-state index contributed by atoms with van der Waals surface area (Å²) in [4.78, 5) is 20.6. The molecule has 0 radical (unpaired) electrons. The number of fused-ring (bicyclic) bond motifs is 1. The predicted molar refractivity (Wildman–Crippen MR) is 110 cm³/mol. The molecule has 1 aliphatic heterocycles. The maximum atomic E-state index is 11.3. The average molecular weight is 389 g/mol. The zero-order valence-electron chi connectivity index (χ0n) is 15.9. The van der Waals surface area contributed by atoms with Gasteiger partial charge in [-0.25, -0.2) is 4.98 Å². The molecule has 8 heteroatoms. The van der Waals surface area contributed by atoms with Crippen molar-refractivity contribution in [2.45, 2.75) is 6.92 Å². The van der Waals surface area contributed by atoms with E-state index in [1.807, 2.05) is 25.1 Å². The van der Waals surface area contributed by atoms with Crippen molar-refractivity contribution in [3.63, 3.8) is 0 Å². The van der Waals surface area contributed by atoms with E-state index in [2.05, 4.69) is 20.9 Å². The van der Waals surface area contributed by atoms with Crippen molar-refractivity contribution >= 4 is 34.1 Å². The molecule has 0 spiro atoms. The van der Waals surface area contributed by atoms with E-state index in [1.165, 1.54) is 12.1 Å². The normalized spacial score (nSPS) is 14.8. The quantitative estimate of drug-likeness (QED) is 0.414. The fourth-order valence-electron chi connectivity index (χ4n) is 3.42. The van der Waals surface area contributed by atoms with Gasteiger partial charge in [0.1, 0.15) is 11.9 Å². The van der Waals surface area contributed by atoms with E-state index >= 15 is 0 Å². The number of H-pyrrole nitrogens is 1. The van der Waals surface area contributed by atoms with Crippen LogP contribution in [-0.2, 0) is 4.74 Å². The van der Waals surface area contributed by atoms with Crippen LogP contribution in [0.2, 0.25) is 0 Å². The van der Waals surface area contributed by atoms with Gasteiger partial charge in [0.25, 0.3) is 5.69 Å². The second-order valence-corrected chi connectivity index (χ2v) is 6.88. The number of benzene rings is 2. The van der Waals surface area contributed by atoms with Crippen molar-refractivity contribution in [3.8, 4) is 6.07 Å². The Morgan fingerprint density at radius 2 is 2.10 bits per heavy atom. The monoisotopic (exact) mass is 389 g/mol. The van der Waals surface area contributed by atoms with Crippen LogP contribution >= 0.6 is 0 Å². The minimum Gasteiger partial charge on any atom is -0.378 e. The molecule has 29 heavy (non-hydrogen) atoms.